The molecule has 0 N–H and O–H groups in total. The molecule has 0 aliphatic carbocycles. The summed E-state index contributed by atoms with van der Waals surface area (Å²) in [4.78, 5) is 9.21. The SMILES string of the molecule is [2H]c1c([2H])c(C(C)(C)C)c([2H])c([2H])c1-c1cc(Oc2ccc3c4ccccc4n(-c4cc(C(C)(C)C)ccn4)c3c2)cc(N2CN(c3c(-c4ccc(F)cc4)cccc3-c3ccc(F)cc3)c3ccccc32)c1. The summed E-state index contributed by atoms with van der Waals surface area (Å²) >= 11 is 0. The molecule has 3 heterocycles. The van der Waals surface area contributed by atoms with Gasteiger partial charge >= 0.3 is 0 Å². The van der Waals surface area contributed by atoms with Gasteiger partial charge in [0.25, 0.3) is 0 Å². The minimum atomic E-state index is -0.654. The van der Waals surface area contributed by atoms with Gasteiger partial charge in [0.2, 0.25) is 0 Å². The molecule has 2 aromatic heterocycles. The van der Waals surface area contributed by atoms with Crippen molar-refractivity contribution in [1.29, 1.82) is 0 Å². The zero-order valence-electron chi connectivity index (χ0n) is 43.3. The second kappa shape index (κ2) is 16.9. The molecular weight excluding hydrogens is 855 g/mol. The van der Waals surface area contributed by atoms with Gasteiger partial charge in [-0.05, 0) is 123 Å². The van der Waals surface area contributed by atoms with Gasteiger partial charge in [-0.15, -0.1) is 0 Å². The maximum absolute atomic E-state index is 14.5. The fourth-order valence-electron chi connectivity index (χ4n) is 9.36. The maximum Gasteiger partial charge on any atom is 0.137 e. The van der Waals surface area contributed by atoms with E-state index >= 15 is 0 Å². The van der Waals surface area contributed by atoms with E-state index in [1.165, 1.54) is 24.3 Å². The third-order valence-corrected chi connectivity index (χ3v) is 13.0. The molecular formula is C62H52F2N4O. The lowest BCUT2D eigenvalue weighted by Gasteiger charge is -2.27. The Morgan fingerprint density at radius 2 is 1.12 bits per heavy atom. The maximum atomic E-state index is 14.5. The predicted molar refractivity (Wildman–Crippen MR) is 281 cm³/mol. The molecule has 1 aliphatic rings. The Morgan fingerprint density at radius 3 is 1.77 bits per heavy atom. The second-order valence-corrected chi connectivity index (χ2v) is 19.7. The molecule has 0 saturated carbocycles. The smallest absolute Gasteiger partial charge is 0.137 e. The number of ether oxygens (including phenoxy) is 1. The molecule has 0 fully saturated rings. The fourth-order valence-corrected chi connectivity index (χ4v) is 9.36. The molecule has 0 unspecified atom stereocenters. The van der Waals surface area contributed by atoms with Crippen LogP contribution in [0.1, 0.15) is 58.2 Å². The second-order valence-electron chi connectivity index (χ2n) is 19.7. The highest BCUT2D eigenvalue weighted by atomic mass is 19.1. The van der Waals surface area contributed by atoms with Crippen LogP contribution < -0.4 is 14.5 Å². The molecule has 5 nitrogen and oxygen atoms in total. The van der Waals surface area contributed by atoms with Crippen molar-refractivity contribution in [2.75, 3.05) is 16.5 Å². The zero-order chi connectivity index (χ0) is 51.1. The van der Waals surface area contributed by atoms with Gasteiger partial charge in [-0.2, -0.15) is 0 Å². The van der Waals surface area contributed by atoms with E-state index in [-0.39, 0.29) is 53.5 Å². The molecule has 0 radical (unpaired) electrons. The number of para-hydroxylation sites is 4. The van der Waals surface area contributed by atoms with Crippen LogP contribution in [0.2, 0.25) is 0 Å². The molecule has 11 rings (SSSR count). The number of hydrogen-bond acceptors (Lipinski definition) is 4. The van der Waals surface area contributed by atoms with Crippen molar-refractivity contribution in [1.82, 2.24) is 9.55 Å². The van der Waals surface area contributed by atoms with Gasteiger partial charge < -0.3 is 14.5 Å². The van der Waals surface area contributed by atoms with Gasteiger partial charge in [-0.25, -0.2) is 13.8 Å². The molecule has 0 spiro atoms. The molecule has 10 aromatic rings. The lowest BCUT2D eigenvalue weighted by Crippen LogP contribution is -2.25. The topological polar surface area (TPSA) is 33.5 Å². The van der Waals surface area contributed by atoms with Crippen molar-refractivity contribution in [2.45, 2.75) is 52.4 Å². The average Bonchev–Trinajstić information content (AvgIpc) is 3.91. The number of pyridine rings is 1. The summed E-state index contributed by atoms with van der Waals surface area (Å²) in [5.74, 6) is 1.03. The van der Waals surface area contributed by atoms with E-state index < -0.39 is 5.41 Å². The molecule has 0 amide bonds. The Labute approximate surface area is 408 Å². The summed E-state index contributed by atoms with van der Waals surface area (Å²) in [5, 5.41) is 2.09. The molecule has 8 aromatic carbocycles. The van der Waals surface area contributed by atoms with Crippen molar-refractivity contribution in [3.63, 3.8) is 0 Å². The monoisotopic (exact) mass is 910 g/mol. The van der Waals surface area contributed by atoms with E-state index in [2.05, 4.69) is 65.5 Å². The highest BCUT2D eigenvalue weighted by Gasteiger charge is 2.32. The van der Waals surface area contributed by atoms with Crippen LogP contribution >= 0.6 is 0 Å². The molecule has 0 atom stereocenters. The van der Waals surface area contributed by atoms with Gasteiger partial charge in [0.1, 0.15) is 35.6 Å². The number of anilines is 4. The average molecular weight is 911 g/mol. The van der Waals surface area contributed by atoms with Crippen molar-refractivity contribution in [2.24, 2.45) is 0 Å². The Morgan fingerprint density at radius 1 is 0.507 bits per heavy atom. The standard InChI is InChI=1S/C62H52F2N4O/c1-61(2,3)44-24-18-40(19-25-44)43-34-48(37-50(35-43)69-49-30-31-54-53-12-7-8-15-55(53)68(58(54)38-49)59-36-45(32-33-65-59)62(4,5)6)66-39-67(57-17-10-9-16-56(57)66)60-51(41-20-26-46(63)27-21-41)13-11-14-52(60)42-22-28-47(64)29-23-42/h7-38H,39H2,1-6H3/i18D,19D,24D,25D. The van der Waals surface area contributed by atoms with Gasteiger partial charge in [0.05, 0.1) is 33.6 Å². The first kappa shape index (κ1) is 39.0. The zero-order valence-corrected chi connectivity index (χ0v) is 39.3. The van der Waals surface area contributed by atoms with Crippen LogP contribution in [0.5, 0.6) is 11.5 Å². The van der Waals surface area contributed by atoms with Gasteiger partial charge in [0.15, 0.2) is 0 Å². The van der Waals surface area contributed by atoms with Gasteiger partial charge in [0, 0.05) is 45.9 Å². The third kappa shape index (κ3) is 8.18. The first-order valence-electron chi connectivity index (χ1n) is 25.2. The highest BCUT2D eigenvalue weighted by Crippen LogP contribution is 2.51. The van der Waals surface area contributed by atoms with Crippen molar-refractivity contribution in [3.05, 3.63) is 217 Å². The van der Waals surface area contributed by atoms with E-state index in [0.717, 1.165) is 72.5 Å². The van der Waals surface area contributed by atoms with E-state index in [1.54, 1.807) is 30.3 Å². The Balaban J connectivity index is 1.10. The number of nitrogens with zero attached hydrogens (tertiary/aromatic N) is 4. The van der Waals surface area contributed by atoms with E-state index in [9.17, 15) is 14.3 Å². The summed E-state index contributed by atoms with van der Waals surface area (Å²) in [6.45, 7) is 12.5. The van der Waals surface area contributed by atoms with E-state index in [1.807, 2.05) is 106 Å². The summed E-state index contributed by atoms with van der Waals surface area (Å²) in [7, 11) is 0. The first-order valence-corrected chi connectivity index (χ1v) is 23.2. The third-order valence-electron chi connectivity index (χ3n) is 13.0. The number of fused-ring (bicyclic) bond motifs is 4. The minimum Gasteiger partial charge on any atom is -0.457 e. The van der Waals surface area contributed by atoms with Crippen LogP contribution in [-0.2, 0) is 10.8 Å². The van der Waals surface area contributed by atoms with Crippen molar-refractivity contribution < 1.29 is 19.0 Å². The summed E-state index contributed by atoms with van der Waals surface area (Å²) in [6, 6.07) is 50.4. The number of rotatable bonds is 8. The highest BCUT2D eigenvalue weighted by molar-refractivity contribution is 6.09. The van der Waals surface area contributed by atoms with Gasteiger partial charge in [-0.1, -0.05) is 139 Å². The molecule has 69 heavy (non-hydrogen) atoms. The lowest BCUT2D eigenvalue weighted by molar-refractivity contribution is 0.483. The van der Waals surface area contributed by atoms with Crippen LogP contribution in [0, 0.1) is 11.6 Å². The number of hydrogen-bond donors (Lipinski definition) is 0. The lowest BCUT2D eigenvalue weighted by atomic mass is 9.86. The van der Waals surface area contributed by atoms with Crippen molar-refractivity contribution >= 4 is 44.6 Å². The van der Waals surface area contributed by atoms with Crippen LogP contribution in [0.4, 0.5) is 31.5 Å². The summed E-state index contributed by atoms with van der Waals surface area (Å²) < 4.78 is 75.4. The molecule has 0 saturated heterocycles. The normalized spacial score (nSPS) is 13.6. The Bertz CT molecular complexity index is 3710. The van der Waals surface area contributed by atoms with E-state index in [4.69, 9.17) is 9.72 Å². The predicted octanol–water partition coefficient (Wildman–Crippen LogP) is 17.1. The first-order chi connectivity index (χ1) is 34.9. The van der Waals surface area contributed by atoms with Crippen LogP contribution in [0.3, 0.4) is 0 Å². The number of halogens is 2. The summed E-state index contributed by atoms with van der Waals surface area (Å²) in [6.07, 6.45) is 1.85. The summed E-state index contributed by atoms with van der Waals surface area (Å²) in [5.41, 5.74) is 9.70. The molecule has 0 bridgehead atoms. The minimum absolute atomic E-state index is 0.0952. The number of aromatic nitrogens is 2. The van der Waals surface area contributed by atoms with Crippen LogP contribution in [0.15, 0.2) is 194 Å². The van der Waals surface area contributed by atoms with Crippen LogP contribution in [-0.4, -0.2) is 16.2 Å². The Kier molecular flexibility index (Phi) is 9.58. The van der Waals surface area contributed by atoms with Gasteiger partial charge in [-0.3, -0.25) is 4.57 Å². The molecule has 1 aliphatic heterocycles. The number of benzene rings is 8. The Hall–Kier alpha value is -8.03. The van der Waals surface area contributed by atoms with Crippen LogP contribution in [0.25, 0.3) is 61.0 Å². The molecule has 7 heteroatoms. The molecule has 340 valence electrons. The van der Waals surface area contributed by atoms with E-state index in [0.29, 0.717) is 28.3 Å². The fraction of sp³-hybridized carbons (Fsp3) is 0.145. The quantitative estimate of drug-likeness (QED) is 0.152. The largest absolute Gasteiger partial charge is 0.457 e. The van der Waals surface area contributed by atoms with Crippen molar-refractivity contribution in [3.8, 4) is 50.7 Å².